The number of nitrogens with zero attached hydrogens (tertiary/aromatic N) is 6. The van der Waals surface area contributed by atoms with Crippen LogP contribution in [0.1, 0.15) is 41.6 Å². The molecule has 0 unspecified atom stereocenters. The van der Waals surface area contributed by atoms with Gasteiger partial charge in [-0.3, -0.25) is 9.36 Å². The van der Waals surface area contributed by atoms with Gasteiger partial charge in [-0.05, 0) is 49.6 Å². The lowest BCUT2D eigenvalue weighted by Gasteiger charge is -2.11. The molecule has 0 atom stereocenters. The fourth-order valence-electron chi connectivity index (χ4n) is 4.01. The first-order valence-electron chi connectivity index (χ1n) is 11.6. The van der Waals surface area contributed by atoms with Gasteiger partial charge in [0, 0.05) is 29.2 Å². The molecule has 1 fully saturated rings. The molecular formula is C26H23N7O2. The number of rotatable bonds is 6. The van der Waals surface area contributed by atoms with E-state index < -0.39 is 0 Å². The summed E-state index contributed by atoms with van der Waals surface area (Å²) in [4.78, 5) is 26.3. The molecule has 6 rings (SSSR count). The zero-order valence-electron chi connectivity index (χ0n) is 19.4. The Hall–Kier alpha value is -4.40. The van der Waals surface area contributed by atoms with E-state index >= 15 is 0 Å². The van der Waals surface area contributed by atoms with E-state index in [1.165, 1.54) is 6.33 Å². The monoisotopic (exact) mass is 465 g/mol. The lowest BCUT2D eigenvalue weighted by Crippen LogP contribution is -2.25. The van der Waals surface area contributed by atoms with Crippen LogP contribution in [-0.4, -0.2) is 41.7 Å². The second kappa shape index (κ2) is 8.43. The number of imidazole rings is 1. The fraction of sp³-hybridized carbons (Fsp3) is 0.231. The van der Waals surface area contributed by atoms with Crippen molar-refractivity contribution in [2.24, 2.45) is 0 Å². The van der Waals surface area contributed by atoms with Crippen LogP contribution in [-0.2, 0) is 6.42 Å². The van der Waals surface area contributed by atoms with E-state index in [4.69, 9.17) is 4.42 Å². The van der Waals surface area contributed by atoms with Crippen molar-refractivity contribution >= 4 is 17.1 Å². The quantitative estimate of drug-likeness (QED) is 0.398. The number of nitrogens with one attached hydrogen (secondary N) is 1. The second-order valence-electron chi connectivity index (χ2n) is 8.69. The van der Waals surface area contributed by atoms with Crippen LogP contribution in [0.3, 0.4) is 0 Å². The Morgan fingerprint density at radius 1 is 1.06 bits per heavy atom. The molecule has 0 spiro atoms. The lowest BCUT2D eigenvalue weighted by atomic mass is 10.1. The zero-order chi connectivity index (χ0) is 23.9. The number of hydrogen-bond acceptors (Lipinski definition) is 7. The minimum absolute atomic E-state index is 0.0547. The fourth-order valence-corrected chi connectivity index (χ4v) is 4.01. The molecule has 0 saturated heterocycles. The first-order chi connectivity index (χ1) is 17.1. The van der Waals surface area contributed by atoms with Crippen molar-refractivity contribution in [3.05, 3.63) is 72.1 Å². The van der Waals surface area contributed by atoms with E-state index in [-0.39, 0.29) is 5.91 Å². The van der Waals surface area contributed by atoms with Crippen LogP contribution in [0.4, 0.5) is 0 Å². The molecule has 1 saturated carbocycles. The molecule has 0 bridgehead atoms. The molecule has 0 aliphatic heterocycles. The molecule has 2 aromatic carbocycles. The number of benzene rings is 2. The van der Waals surface area contributed by atoms with E-state index in [2.05, 4.69) is 30.5 Å². The molecule has 1 amide bonds. The summed E-state index contributed by atoms with van der Waals surface area (Å²) in [6.45, 7) is 3.98. The van der Waals surface area contributed by atoms with Crippen LogP contribution >= 0.6 is 0 Å². The van der Waals surface area contributed by atoms with Crippen LogP contribution in [0, 0.1) is 6.92 Å². The Labute approximate surface area is 201 Å². The Balaban J connectivity index is 1.36. The lowest BCUT2D eigenvalue weighted by molar-refractivity contribution is 0.0951. The molecular weight excluding hydrogens is 442 g/mol. The summed E-state index contributed by atoms with van der Waals surface area (Å²) < 4.78 is 7.56. The number of hydrogen-bond donors (Lipinski definition) is 1. The number of aryl methyl sites for hydroxylation is 2. The molecule has 0 radical (unpaired) electrons. The van der Waals surface area contributed by atoms with Crippen LogP contribution in [0.2, 0.25) is 0 Å². The average Bonchev–Trinajstić information content (AvgIpc) is 3.39. The molecule has 174 valence electrons. The topological polar surface area (TPSA) is 112 Å². The van der Waals surface area contributed by atoms with Gasteiger partial charge in [-0.2, -0.15) is 0 Å². The summed E-state index contributed by atoms with van der Waals surface area (Å²) in [6.07, 6.45) is 6.05. The number of fused-ring (bicyclic) bond motifs is 1. The number of carbonyl (C=O) groups is 1. The molecule has 3 heterocycles. The van der Waals surface area contributed by atoms with Gasteiger partial charge in [0.2, 0.25) is 11.8 Å². The van der Waals surface area contributed by atoms with Crippen molar-refractivity contribution in [3.63, 3.8) is 0 Å². The largest absolute Gasteiger partial charge is 0.421 e. The smallest absolute Gasteiger partial charge is 0.251 e. The molecule has 9 heteroatoms. The Morgan fingerprint density at radius 2 is 1.86 bits per heavy atom. The molecule has 3 aromatic heterocycles. The first kappa shape index (κ1) is 21.2. The van der Waals surface area contributed by atoms with Crippen molar-refractivity contribution in [2.45, 2.75) is 39.2 Å². The van der Waals surface area contributed by atoms with Gasteiger partial charge in [-0.25, -0.2) is 15.0 Å². The SMILES string of the molecule is CCc1nnc(-c2ccc(-c3ncnc4c3ncn4-c3cc(C(=O)NC4CC4)ccc3C)cc2)o1. The highest BCUT2D eigenvalue weighted by molar-refractivity contribution is 5.95. The zero-order valence-corrected chi connectivity index (χ0v) is 19.4. The molecule has 5 aromatic rings. The summed E-state index contributed by atoms with van der Waals surface area (Å²) >= 11 is 0. The highest BCUT2D eigenvalue weighted by Gasteiger charge is 2.24. The Kier molecular flexibility index (Phi) is 5.09. The normalized spacial score (nSPS) is 13.3. The average molecular weight is 466 g/mol. The summed E-state index contributed by atoms with van der Waals surface area (Å²) in [6, 6.07) is 13.8. The van der Waals surface area contributed by atoms with Gasteiger partial charge in [0.15, 0.2) is 5.65 Å². The molecule has 9 nitrogen and oxygen atoms in total. The van der Waals surface area contributed by atoms with Crippen LogP contribution in [0.25, 0.3) is 39.6 Å². The highest BCUT2D eigenvalue weighted by atomic mass is 16.4. The maximum atomic E-state index is 12.6. The molecule has 35 heavy (non-hydrogen) atoms. The van der Waals surface area contributed by atoms with E-state index in [1.807, 2.05) is 60.9 Å². The summed E-state index contributed by atoms with van der Waals surface area (Å²) in [7, 11) is 0. The van der Waals surface area contributed by atoms with Crippen molar-refractivity contribution in [1.82, 2.24) is 35.0 Å². The van der Waals surface area contributed by atoms with E-state index in [9.17, 15) is 4.79 Å². The van der Waals surface area contributed by atoms with E-state index in [1.54, 1.807) is 6.33 Å². The van der Waals surface area contributed by atoms with Crippen molar-refractivity contribution < 1.29 is 9.21 Å². The minimum atomic E-state index is -0.0547. The second-order valence-corrected chi connectivity index (χ2v) is 8.69. The molecule has 1 N–H and O–H groups in total. The standard InChI is InChI=1S/C26H23N7O2/c1-3-21-31-32-26(35-21)17-8-6-16(7-9-17)22-23-24(28-13-27-22)33(14-29-23)20-12-18(5-4-15(20)2)25(34)30-19-10-11-19/h4-9,12-14,19H,3,10-11H2,1-2H3,(H,30,34). The third-order valence-electron chi connectivity index (χ3n) is 6.15. The van der Waals surface area contributed by atoms with Gasteiger partial charge in [0.1, 0.15) is 23.9 Å². The first-order valence-corrected chi connectivity index (χ1v) is 11.6. The summed E-state index contributed by atoms with van der Waals surface area (Å²) in [5.41, 5.74) is 6.31. The van der Waals surface area contributed by atoms with Gasteiger partial charge >= 0.3 is 0 Å². The number of amides is 1. The third-order valence-corrected chi connectivity index (χ3v) is 6.15. The minimum Gasteiger partial charge on any atom is -0.421 e. The van der Waals surface area contributed by atoms with Crippen molar-refractivity contribution in [1.29, 1.82) is 0 Å². The molecule has 1 aliphatic rings. The maximum Gasteiger partial charge on any atom is 0.251 e. The predicted octanol–water partition coefficient (Wildman–Crippen LogP) is 4.30. The van der Waals surface area contributed by atoms with Gasteiger partial charge in [-0.15, -0.1) is 10.2 Å². The Morgan fingerprint density at radius 3 is 2.60 bits per heavy atom. The third kappa shape index (κ3) is 3.95. The van der Waals surface area contributed by atoms with Crippen LogP contribution in [0.5, 0.6) is 0 Å². The van der Waals surface area contributed by atoms with Gasteiger partial charge in [0.25, 0.3) is 5.91 Å². The highest BCUT2D eigenvalue weighted by Crippen LogP contribution is 2.29. The van der Waals surface area contributed by atoms with Crippen molar-refractivity contribution in [3.8, 4) is 28.4 Å². The van der Waals surface area contributed by atoms with E-state index in [0.29, 0.717) is 41.0 Å². The Bertz CT molecular complexity index is 1550. The number of aromatic nitrogens is 6. The summed E-state index contributed by atoms with van der Waals surface area (Å²) in [5.74, 6) is 1.05. The van der Waals surface area contributed by atoms with Crippen molar-refractivity contribution in [2.75, 3.05) is 0 Å². The van der Waals surface area contributed by atoms with E-state index in [0.717, 1.165) is 40.9 Å². The van der Waals surface area contributed by atoms with Crippen LogP contribution in [0.15, 0.2) is 59.5 Å². The molecule has 1 aliphatic carbocycles. The maximum absolute atomic E-state index is 12.6. The predicted molar refractivity (Wildman–Crippen MR) is 130 cm³/mol. The van der Waals surface area contributed by atoms with Gasteiger partial charge in [0.05, 0.1) is 5.69 Å². The van der Waals surface area contributed by atoms with Gasteiger partial charge in [-0.1, -0.05) is 25.1 Å². The summed E-state index contributed by atoms with van der Waals surface area (Å²) in [5, 5.41) is 11.2. The van der Waals surface area contributed by atoms with Crippen LogP contribution < -0.4 is 5.32 Å². The van der Waals surface area contributed by atoms with Gasteiger partial charge < -0.3 is 9.73 Å². The number of carbonyl (C=O) groups excluding carboxylic acids is 1.